The maximum Gasteiger partial charge on any atom is 0.166 e. The van der Waals surface area contributed by atoms with E-state index in [0.29, 0.717) is 33.9 Å². The Morgan fingerprint density at radius 1 is 0.339 bits per heavy atom. The van der Waals surface area contributed by atoms with Crippen LogP contribution in [-0.4, -0.2) is 0 Å². The first-order valence-electron chi connectivity index (χ1n) is 22.2. The van der Waals surface area contributed by atoms with Crippen LogP contribution >= 0.6 is 0 Å². The minimum Gasteiger partial charge on any atom is -0.291 e. The van der Waals surface area contributed by atoms with Crippen LogP contribution in [0.3, 0.4) is 0 Å². The lowest BCUT2D eigenvalue weighted by atomic mass is 9.97. The molecule has 0 saturated heterocycles. The Balaban J connectivity index is 1.55. The Morgan fingerprint density at radius 2 is 0.548 bits per heavy atom. The molecule has 2 aliphatic rings. The van der Waals surface area contributed by atoms with Crippen LogP contribution in [-0.2, 0) is 0 Å². The van der Waals surface area contributed by atoms with E-state index in [-0.39, 0.29) is 46.9 Å². The molecule has 0 N–H and O–H groups in total. The monoisotopic (exact) mass is 836 g/mol. The molecule has 4 atom stereocenters. The molecule has 0 radical (unpaired) electrons. The van der Waals surface area contributed by atoms with Gasteiger partial charge >= 0.3 is 0 Å². The van der Waals surface area contributed by atoms with E-state index in [0.717, 1.165) is 71.2 Å². The Bertz CT molecular complexity index is 2300. The van der Waals surface area contributed by atoms with Gasteiger partial charge in [0.05, 0.1) is 22.7 Å². The second kappa shape index (κ2) is 17.4. The van der Waals surface area contributed by atoms with Crippen LogP contribution < -0.4 is 19.6 Å². The van der Waals surface area contributed by atoms with Crippen LogP contribution in [0.4, 0.5) is 63.1 Å². The second-order valence-corrected chi connectivity index (χ2v) is 17.0. The van der Waals surface area contributed by atoms with Crippen molar-refractivity contribution >= 4 is 45.5 Å². The molecule has 2 heterocycles. The number of anilines is 8. The number of fused-ring (bicyclic) bond motifs is 2. The third-order valence-corrected chi connectivity index (χ3v) is 13.3. The number of hydrogen-bond donors (Lipinski definition) is 0. The zero-order chi connectivity index (χ0) is 44.0. The fraction of sp³-hybridized carbons (Fsp3) is 0.296. The number of hydrogen-bond acceptors (Lipinski definition) is 4. The summed E-state index contributed by atoms with van der Waals surface area (Å²) >= 11 is 0. The molecule has 0 aliphatic carbocycles. The highest BCUT2D eigenvalue weighted by molar-refractivity contribution is 6.00. The second-order valence-electron chi connectivity index (χ2n) is 17.0. The van der Waals surface area contributed by atoms with Gasteiger partial charge < -0.3 is 0 Å². The highest BCUT2D eigenvalue weighted by atomic mass is 19.1. The number of rotatable bonds is 12. The van der Waals surface area contributed by atoms with Crippen molar-refractivity contribution in [3.8, 4) is 0 Å². The minimum atomic E-state index is -0.275. The fourth-order valence-electron chi connectivity index (χ4n) is 8.86. The normalized spacial score (nSPS) is 15.5. The smallest absolute Gasteiger partial charge is 0.166 e. The molecular weight excluding hydrogens is 781 g/mol. The van der Waals surface area contributed by atoms with Gasteiger partial charge in [0.1, 0.15) is 23.3 Å². The average molecular weight is 837 g/mol. The molecule has 8 rings (SSSR count). The first kappa shape index (κ1) is 42.7. The standard InChI is InChI=1S/C54H56F4N4/c1-9-33(5)41-29-37(21-25-45(41)55)59-49-17-13-14-18-50(49)60(38-22-26-46(56)42(30-38)34(6)10-2)53(59)54-61(39-23-27-47(57)43(31-39)35(7)11-3)51-19-15-16-20-52(51)62(54)40-24-28-48(58)44(32-40)36(8)12-4/h13-36H,9-12H2,1-8H3. The van der Waals surface area contributed by atoms with E-state index in [1.165, 1.54) is 0 Å². The minimum absolute atomic E-state index is 0.0599. The molecule has 0 saturated carbocycles. The van der Waals surface area contributed by atoms with Gasteiger partial charge in [-0.15, -0.1) is 0 Å². The van der Waals surface area contributed by atoms with Gasteiger partial charge in [0.25, 0.3) is 0 Å². The first-order chi connectivity index (χ1) is 29.9. The molecule has 0 aromatic heterocycles. The largest absolute Gasteiger partial charge is 0.291 e. The number of para-hydroxylation sites is 4. The molecule has 0 amide bonds. The SMILES string of the molecule is CCC(C)c1cc(N2C(=C3N(c4ccc(F)c(C(C)CC)c4)c4ccccc4N3c3ccc(F)c(C(C)CC)c3)N(c3ccc(F)c(C(C)CC)c3)c3ccccc32)ccc1F. The van der Waals surface area contributed by atoms with Crippen molar-refractivity contribution in [3.05, 3.63) is 178 Å². The zero-order valence-corrected chi connectivity index (χ0v) is 37.0. The molecule has 320 valence electrons. The number of nitrogens with zero attached hydrogens (tertiary/aromatic N) is 4. The molecule has 62 heavy (non-hydrogen) atoms. The maximum absolute atomic E-state index is 15.8. The van der Waals surface area contributed by atoms with Gasteiger partial charge in [-0.05, 0) is 169 Å². The third kappa shape index (κ3) is 7.31. The number of benzene rings is 6. The van der Waals surface area contributed by atoms with Gasteiger partial charge in [0.15, 0.2) is 11.6 Å². The Kier molecular flexibility index (Phi) is 12.0. The van der Waals surface area contributed by atoms with E-state index in [2.05, 4.69) is 71.6 Å². The lowest BCUT2D eigenvalue weighted by Crippen LogP contribution is -2.33. The summed E-state index contributed by atoms with van der Waals surface area (Å²) < 4.78 is 63.4. The molecule has 0 fully saturated rings. The summed E-state index contributed by atoms with van der Waals surface area (Å²) in [5.41, 5.74) is 8.67. The van der Waals surface area contributed by atoms with Gasteiger partial charge in [-0.3, -0.25) is 19.6 Å². The molecule has 0 bridgehead atoms. The zero-order valence-electron chi connectivity index (χ0n) is 37.0. The van der Waals surface area contributed by atoms with Crippen LogP contribution in [0.25, 0.3) is 0 Å². The predicted molar refractivity (Wildman–Crippen MR) is 249 cm³/mol. The summed E-state index contributed by atoms with van der Waals surface area (Å²) in [5.74, 6) is 0.0104. The van der Waals surface area contributed by atoms with Crippen molar-refractivity contribution in [2.75, 3.05) is 19.6 Å². The van der Waals surface area contributed by atoms with Gasteiger partial charge in [0.2, 0.25) is 0 Å². The third-order valence-electron chi connectivity index (χ3n) is 13.3. The Hall–Kier alpha value is -6.02. The van der Waals surface area contributed by atoms with E-state index in [1.807, 2.05) is 100 Å². The Labute approximate surface area is 364 Å². The molecule has 0 spiro atoms. The average Bonchev–Trinajstić information content (AvgIpc) is 3.82. The van der Waals surface area contributed by atoms with Crippen molar-refractivity contribution in [2.45, 2.75) is 105 Å². The van der Waals surface area contributed by atoms with E-state index in [9.17, 15) is 0 Å². The summed E-state index contributed by atoms with van der Waals surface area (Å²) in [7, 11) is 0. The lowest BCUT2D eigenvalue weighted by Gasteiger charge is -2.35. The van der Waals surface area contributed by atoms with Crippen molar-refractivity contribution in [2.24, 2.45) is 0 Å². The van der Waals surface area contributed by atoms with Crippen LogP contribution in [0.15, 0.2) is 133 Å². The van der Waals surface area contributed by atoms with Crippen molar-refractivity contribution in [1.82, 2.24) is 0 Å². The number of halogens is 4. The van der Waals surface area contributed by atoms with E-state index < -0.39 is 0 Å². The van der Waals surface area contributed by atoms with Crippen molar-refractivity contribution in [1.29, 1.82) is 0 Å². The quantitative estimate of drug-likeness (QED) is 0.114. The van der Waals surface area contributed by atoms with Gasteiger partial charge in [-0.25, -0.2) is 17.6 Å². The van der Waals surface area contributed by atoms with E-state index in [4.69, 9.17) is 0 Å². The Morgan fingerprint density at radius 3 is 0.742 bits per heavy atom. The molecule has 8 heteroatoms. The highest BCUT2D eigenvalue weighted by Crippen LogP contribution is 2.58. The van der Waals surface area contributed by atoms with E-state index >= 15 is 17.6 Å². The first-order valence-corrected chi connectivity index (χ1v) is 22.2. The molecule has 4 nitrogen and oxygen atoms in total. The van der Waals surface area contributed by atoms with Crippen LogP contribution in [0.2, 0.25) is 0 Å². The summed E-state index contributed by atoms with van der Waals surface area (Å²) in [6.45, 7) is 16.3. The highest BCUT2D eigenvalue weighted by Gasteiger charge is 2.45. The summed E-state index contributed by atoms with van der Waals surface area (Å²) in [5, 5.41) is 0. The van der Waals surface area contributed by atoms with Crippen LogP contribution in [0.5, 0.6) is 0 Å². The summed E-state index contributed by atoms with van der Waals surface area (Å²) in [4.78, 5) is 8.64. The summed E-state index contributed by atoms with van der Waals surface area (Å²) in [6.07, 6.45) is 2.98. The van der Waals surface area contributed by atoms with Crippen molar-refractivity contribution < 1.29 is 17.6 Å². The maximum atomic E-state index is 15.8. The van der Waals surface area contributed by atoms with Crippen LogP contribution in [0.1, 0.15) is 127 Å². The van der Waals surface area contributed by atoms with Gasteiger partial charge in [-0.1, -0.05) is 79.7 Å². The molecule has 2 aliphatic heterocycles. The topological polar surface area (TPSA) is 13.0 Å². The molecule has 4 unspecified atom stereocenters. The predicted octanol–water partition coefficient (Wildman–Crippen LogP) is 16.7. The molecular formula is C54H56F4N4. The van der Waals surface area contributed by atoms with Crippen LogP contribution in [0, 0.1) is 23.3 Å². The van der Waals surface area contributed by atoms with E-state index in [1.54, 1.807) is 24.3 Å². The molecule has 6 aromatic carbocycles. The van der Waals surface area contributed by atoms with Gasteiger partial charge in [0, 0.05) is 22.7 Å². The van der Waals surface area contributed by atoms with Crippen molar-refractivity contribution in [3.63, 3.8) is 0 Å². The summed E-state index contributed by atoms with van der Waals surface area (Å²) in [6, 6.07) is 37.3. The fourth-order valence-corrected chi connectivity index (χ4v) is 8.86. The van der Waals surface area contributed by atoms with Gasteiger partial charge in [-0.2, -0.15) is 0 Å². The molecule has 6 aromatic rings. The lowest BCUT2D eigenvalue weighted by molar-refractivity contribution is 0.583.